The molecule has 0 aliphatic rings. The molecule has 1 heterocycles. The standard InChI is InChI=1S/C23H18Cl2N4OS/c1-15-6-5-9-18(12-15)29-22(16-7-3-2-4-8-16)27-28-23(29)31-14-21(30)26-20-13-17(24)10-11-19(20)25/h2-13H,14H2,1H3,(H,26,30). The lowest BCUT2D eigenvalue weighted by Crippen LogP contribution is -2.15. The minimum atomic E-state index is -0.214. The van der Waals surface area contributed by atoms with Crippen molar-refractivity contribution in [3.63, 3.8) is 0 Å². The summed E-state index contributed by atoms with van der Waals surface area (Å²) in [6, 6.07) is 22.9. The van der Waals surface area contributed by atoms with Crippen LogP contribution in [0.2, 0.25) is 10.0 Å². The number of amides is 1. The molecule has 1 amide bonds. The van der Waals surface area contributed by atoms with E-state index >= 15 is 0 Å². The van der Waals surface area contributed by atoms with Crippen molar-refractivity contribution < 1.29 is 4.79 Å². The van der Waals surface area contributed by atoms with Gasteiger partial charge in [0.25, 0.3) is 0 Å². The smallest absolute Gasteiger partial charge is 0.234 e. The molecule has 3 aromatic carbocycles. The third kappa shape index (κ3) is 5.10. The van der Waals surface area contributed by atoms with Crippen LogP contribution in [-0.4, -0.2) is 26.4 Å². The van der Waals surface area contributed by atoms with Gasteiger partial charge in [0.1, 0.15) is 0 Å². The van der Waals surface area contributed by atoms with Crippen LogP contribution in [0.4, 0.5) is 5.69 Å². The lowest BCUT2D eigenvalue weighted by molar-refractivity contribution is -0.113. The van der Waals surface area contributed by atoms with E-state index in [1.165, 1.54) is 11.8 Å². The highest BCUT2D eigenvalue weighted by atomic mass is 35.5. The zero-order valence-electron chi connectivity index (χ0n) is 16.5. The first-order valence-electron chi connectivity index (χ1n) is 9.47. The van der Waals surface area contributed by atoms with E-state index in [0.29, 0.717) is 26.7 Å². The van der Waals surface area contributed by atoms with Gasteiger partial charge in [0.05, 0.1) is 16.5 Å². The fraction of sp³-hybridized carbons (Fsp3) is 0.0870. The van der Waals surface area contributed by atoms with E-state index in [1.807, 2.05) is 60.0 Å². The molecule has 4 rings (SSSR count). The maximum absolute atomic E-state index is 12.5. The SMILES string of the molecule is Cc1cccc(-n2c(SCC(=O)Nc3cc(Cl)ccc3Cl)nnc2-c2ccccc2)c1. The zero-order chi connectivity index (χ0) is 21.8. The Morgan fingerprint density at radius 3 is 2.58 bits per heavy atom. The molecule has 4 aromatic rings. The van der Waals surface area contributed by atoms with E-state index in [4.69, 9.17) is 23.2 Å². The van der Waals surface area contributed by atoms with Gasteiger partial charge < -0.3 is 5.32 Å². The van der Waals surface area contributed by atoms with Crippen LogP contribution in [0.5, 0.6) is 0 Å². The Morgan fingerprint density at radius 2 is 1.81 bits per heavy atom. The number of aryl methyl sites for hydroxylation is 1. The van der Waals surface area contributed by atoms with Crippen LogP contribution in [0.15, 0.2) is 78.0 Å². The van der Waals surface area contributed by atoms with E-state index in [-0.39, 0.29) is 11.7 Å². The highest BCUT2D eigenvalue weighted by Crippen LogP contribution is 2.29. The summed E-state index contributed by atoms with van der Waals surface area (Å²) in [6.45, 7) is 2.03. The van der Waals surface area contributed by atoms with Crippen LogP contribution in [0, 0.1) is 6.92 Å². The van der Waals surface area contributed by atoms with Gasteiger partial charge in [-0.25, -0.2) is 0 Å². The first kappa shape index (κ1) is 21.4. The number of hydrogen-bond donors (Lipinski definition) is 1. The van der Waals surface area contributed by atoms with Gasteiger partial charge in [-0.2, -0.15) is 0 Å². The summed E-state index contributed by atoms with van der Waals surface area (Å²) >= 11 is 13.4. The predicted molar refractivity (Wildman–Crippen MR) is 127 cm³/mol. The molecule has 8 heteroatoms. The number of carbonyl (C=O) groups excluding carboxylic acids is 1. The second-order valence-electron chi connectivity index (χ2n) is 6.81. The summed E-state index contributed by atoms with van der Waals surface area (Å²) in [6.07, 6.45) is 0. The molecule has 0 unspecified atom stereocenters. The van der Waals surface area contributed by atoms with Gasteiger partial charge in [0, 0.05) is 16.3 Å². The molecular formula is C23H18Cl2N4OS. The Labute approximate surface area is 194 Å². The Bertz CT molecular complexity index is 1230. The minimum Gasteiger partial charge on any atom is -0.324 e. The fourth-order valence-electron chi connectivity index (χ4n) is 3.05. The molecule has 0 bridgehead atoms. The number of aromatic nitrogens is 3. The molecule has 156 valence electrons. The Kier molecular flexibility index (Phi) is 6.61. The van der Waals surface area contributed by atoms with Crippen LogP contribution in [0.1, 0.15) is 5.56 Å². The fourth-order valence-corrected chi connectivity index (χ4v) is 4.14. The summed E-state index contributed by atoms with van der Waals surface area (Å²) in [4.78, 5) is 12.5. The molecule has 0 saturated carbocycles. The minimum absolute atomic E-state index is 0.140. The maximum Gasteiger partial charge on any atom is 0.234 e. The van der Waals surface area contributed by atoms with Crippen LogP contribution in [0.3, 0.4) is 0 Å². The average molecular weight is 469 g/mol. The summed E-state index contributed by atoms with van der Waals surface area (Å²) in [7, 11) is 0. The van der Waals surface area contributed by atoms with E-state index in [0.717, 1.165) is 16.8 Å². The van der Waals surface area contributed by atoms with E-state index < -0.39 is 0 Å². The molecule has 31 heavy (non-hydrogen) atoms. The van der Waals surface area contributed by atoms with E-state index in [9.17, 15) is 4.79 Å². The summed E-state index contributed by atoms with van der Waals surface area (Å²) in [5, 5.41) is 13.1. The molecule has 1 N–H and O–H groups in total. The molecule has 0 aliphatic heterocycles. The number of halogens is 2. The largest absolute Gasteiger partial charge is 0.324 e. The van der Waals surface area contributed by atoms with E-state index in [2.05, 4.69) is 21.6 Å². The van der Waals surface area contributed by atoms with Gasteiger partial charge in [-0.3, -0.25) is 9.36 Å². The number of nitrogens with zero attached hydrogens (tertiary/aromatic N) is 3. The molecule has 0 radical (unpaired) electrons. The average Bonchev–Trinajstić information content (AvgIpc) is 3.19. The number of thioether (sulfide) groups is 1. The van der Waals surface area contributed by atoms with Gasteiger partial charge >= 0.3 is 0 Å². The van der Waals surface area contributed by atoms with Crippen LogP contribution < -0.4 is 5.32 Å². The van der Waals surface area contributed by atoms with Gasteiger partial charge in [-0.1, -0.05) is 77.4 Å². The van der Waals surface area contributed by atoms with Gasteiger partial charge in [-0.15, -0.1) is 10.2 Å². The summed E-state index contributed by atoms with van der Waals surface area (Å²) < 4.78 is 1.96. The van der Waals surface area contributed by atoms with Crippen molar-refractivity contribution in [2.45, 2.75) is 12.1 Å². The lowest BCUT2D eigenvalue weighted by Gasteiger charge is -2.11. The molecule has 0 spiro atoms. The Hall–Kier alpha value is -2.80. The van der Waals surface area contributed by atoms with Crippen LogP contribution in [-0.2, 0) is 4.79 Å². The van der Waals surface area contributed by atoms with Gasteiger partial charge in [-0.05, 0) is 42.8 Å². The number of hydrogen-bond acceptors (Lipinski definition) is 4. The van der Waals surface area contributed by atoms with Crippen molar-refractivity contribution >= 4 is 46.6 Å². The molecule has 0 atom stereocenters. The van der Waals surface area contributed by atoms with Crippen molar-refractivity contribution in [2.24, 2.45) is 0 Å². The van der Waals surface area contributed by atoms with E-state index in [1.54, 1.807) is 18.2 Å². The van der Waals surface area contributed by atoms with Crippen LogP contribution >= 0.6 is 35.0 Å². The van der Waals surface area contributed by atoms with Gasteiger partial charge in [0.15, 0.2) is 11.0 Å². The van der Waals surface area contributed by atoms with Crippen LogP contribution in [0.25, 0.3) is 17.1 Å². The van der Waals surface area contributed by atoms with Crippen molar-refractivity contribution in [1.29, 1.82) is 0 Å². The maximum atomic E-state index is 12.5. The summed E-state index contributed by atoms with van der Waals surface area (Å²) in [5.41, 5.74) is 3.47. The molecule has 1 aromatic heterocycles. The molecule has 0 fully saturated rings. The van der Waals surface area contributed by atoms with Crippen molar-refractivity contribution in [2.75, 3.05) is 11.1 Å². The molecule has 0 saturated heterocycles. The molecular weight excluding hydrogens is 451 g/mol. The van der Waals surface area contributed by atoms with Crippen molar-refractivity contribution in [3.8, 4) is 17.1 Å². The van der Waals surface area contributed by atoms with Crippen molar-refractivity contribution in [1.82, 2.24) is 14.8 Å². The first-order valence-corrected chi connectivity index (χ1v) is 11.2. The molecule has 5 nitrogen and oxygen atoms in total. The normalized spacial score (nSPS) is 10.8. The quantitative estimate of drug-likeness (QED) is 0.338. The monoisotopic (exact) mass is 468 g/mol. The second kappa shape index (κ2) is 9.56. The third-order valence-corrected chi connectivity index (χ3v) is 5.95. The molecule has 0 aliphatic carbocycles. The number of rotatable bonds is 6. The topological polar surface area (TPSA) is 59.8 Å². The third-order valence-electron chi connectivity index (χ3n) is 4.46. The number of benzene rings is 3. The van der Waals surface area contributed by atoms with Crippen molar-refractivity contribution in [3.05, 3.63) is 88.4 Å². The number of nitrogens with one attached hydrogen (secondary N) is 1. The van der Waals surface area contributed by atoms with Gasteiger partial charge in [0.2, 0.25) is 5.91 Å². The Balaban J connectivity index is 1.60. The second-order valence-corrected chi connectivity index (χ2v) is 8.59. The lowest BCUT2D eigenvalue weighted by atomic mass is 10.2. The summed E-state index contributed by atoms with van der Waals surface area (Å²) in [5.74, 6) is 0.642. The Morgan fingerprint density at radius 1 is 1.00 bits per heavy atom. The zero-order valence-corrected chi connectivity index (χ0v) is 18.9. The number of anilines is 1. The highest BCUT2D eigenvalue weighted by molar-refractivity contribution is 7.99. The number of carbonyl (C=O) groups is 1. The highest BCUT2D eigenvalue weighted by Gasteiger charge is 2.17. The predicted octanol–water partition coefficient (Wildman–Crippen LogP) is 6.28. The first-order chi connectivity index (χ1) is 15.0.